The Morgan fingerprint density at radius 2 is 1.73 bits per heavy atom. The Morgan fingerprint density at radius 1 is 1.18 bits per heavy atom. The van der Waals surface area contributed by atoms with Gasteiger partial charge in [0.1, 0.15) is 5.52 Å². The fourth-order valence-corrected chi connectivity index (χ4v) is 1.90. The summed E-state index contributed by atoms with van der Waals surface area (Å²) in [4.78, 5) is 0. The topological polar surface area (TPSA) is 18.5 Å². The van der Waals surface area contributed by atoms with Crippen LogP contribution in [0.15, 0.2) is 0 Å². The lowest BCUT2D eigenvalue weighted by Crippen LogP contribution is -2.25. The fourth-order valence-electron chi connectivity index (χ4n) is 1.52. The van der Waals surface area contributed by atoms with Crippen LogP contribution in [-0.4, -0.2) is 24.8 Å². The molecular weight excluding hydrogens is 208 g/mol. The first-order valence-electron chi connectivity index (χ1n) is 4.07. The van der Waals surface area contributed by atoms with E-state index in [1.165, 1.54) is 0 Å². The van der Waals surface area contributed by atoms with Crippen molar-refractivity contribution < 1.29 is 9.47 Å². The molecule has 0 unspecified atom stereocenters. The second-order valence-electron chi connectivity index (χ2n) is 2.91. The first-order chi connectivity index (χ1) is 5.36. The third kappa shape index (κ3) is 3.09. The van der Waals surface area contributed by atoms with Crippen LogP contribution in [0.3, 0.4) is 0 Å². The molecule has 0 heterocycles. The van der Waals surface area contributed by atoms with Crippen LogP contribution >= 0.6 is 15.9 Å². The van der Waals surface area contributed by atoms with Crippen LogP contribution in [-0.2, 0) is 9.47 Å². The smallest absolute Gasteiger partial charge is 0.102 e. The third-order valence-corrected chi connectivity index (χ3v) is 2.52. The normalized spacial score (nSPS) is 32.2. The zero-order valence-corrected chi connectivity index (χ0v) is 8.47. The molecule has 1 aliphatic carbocycles. The van der Waals surface area contributed by atoms with Crippen LogP contribution in [0, 0.1) is 0 Å². The zero-order valence-electron chi connectivity index (χ0n) is 6.88. The third-order valence-electron chi connectivity index (χ3n) is 2.25. The van der Waals surface area contributed by atoms with Crippen LogP contribution < -0.4 is 0 Å². The van der Waals surface area contributed by atoms with Crippen molar-refractivity contribution in [3.05, 3.63) is 0 Å². The van der Waals surface area contributed by atoms with Crippen LogP contribution in [0.4, 0.5) is 0 Å². The van der Waals surface area contributed by atoms with Gasteiger partial charge in [-0.05, 0) is 25.7 Å². The highest BCUT2D eigenvalue weighted by Gasteiger charge is 2.20. The van der Waals surface area contributed by atoms with E-state index in [9.17, 15) is 0 Å². The maximum Gasteiger partial charge on any atom is 0.102 e. The van der Waals surface area contributed by atoms with Gasteiger partial charge in [0.25, 0.3) is 0 Å². The number of methoxy groups -OCH3 is 1. The van der Waals surface area contributed by atoms with Crippen molar-refractivity contribution >= 4 is 15.9 Å². The fraction of sp³-hybridized carbons (Fsp3) is 1.00. The van der Waals surface area contributed by atoms with Crippen molar-refractivity contribution in [3.63, 3.8) is 0 Å². The summed E-state index contributed by atoms with van der Waals surface area (Å²) in [5.41, 5.74) is 0.662. The van der Waals surface area contributed by atoms with Crippen molar-refractivity contribution in [2.75, 3.05) is 12.6 Å². The average molecular weight is 223 g/mol. The maximum atomic E-state index is 5.44. The van der Waals surface area contributed by atoms with Gasteiger partial charge in [0.2, 0.25) is 0 Å². The molecule has 1 aliphatic rings. The van der Waals surface area contributed by atoms with Crippen molar-refractivity contribution in [2.24, 2.45) is 0 Å². The first kappa shape index (κ1) is 9.49. The number of halogens is 1. The molecule has 1 rings (SSSR count). The molecule has 1 fully saturated rings. The van der Waals surface area contributed by atoms with Gasteiger partial charge in [-0.25, -0.2) is 0 Å². The van der Waals surface area contributed by atoms with E-state index in [2.05, 4.69) is 15.9 Å². The Bertz CT molecular complexity index is 100. The van der Waals surface area contributed by atoms with Crippen molar-refractivity contribution in [1.29, 1.82) is 0 Å². The van der Waals surface area contributed by atoms with Crippen LogP contribution in [0.1, 0.15) is 25.7 Å². The minimum atomic E-state index is 0.459. The minimum absolute atomic E-state index is 0.459. The van der Waals surface area contributed by atoms with Gasteiger partial charge in [-0.1, -0.05) is 15.9 Å². The van der Waals surface area contributed by atoms with E-state index < -0.39 is 0 Å². The van der Waals surface area contributed by atoms with E-state index in [-0.39, 0.29) is 0 Å². The predicted octanol–water partition coefficient (Wildman–Crippen LogP) is 2.31. The Labute approximate surface area is 76.4 Å². The van der Waals surface area contributed by atoms with Crippen LogP contribution in [0.25, 0.3) is 0 Å². The Kier molecular flexibility index (Phi) is 4.41. The van der Waals surface area contributed by atoms with Gasteiger partial charge < -0.3 is 9.47 Å². The molecule has 0 saturated heterocycles. The highest BCUT2D eigenvalue weighted by atomic mass is 79.9. The summed E-state index contributed by atoms with van der Waals surface area (Å²) in [6.45, 7) is 0. The highest BCUT2D eigenvalue weighted by Crippen LogP contribution is 2.22. The van der Waals surface area contributed by atoms with Gasteiger partial charge in [0.15, 0.2) is 0 Å². The Balaban J connectivity index is 2.14. The van der Waals surface area contributed by atoms with Crippen molar-refractivity contribution in [3.8, 4) is 0 Å². The van der Waals surface area contributed by atoms with Gasteiger partial charge in [-0.15, -0.1) is 0 Å². The number of rotatable bonds is 3. The van der Waals surface area contributed by atoms with E-state index >= 15 is 0 Å². The molecule has 0 spiro atoms. The molecule has 0 aliphatic heterocycles. The minimum Gasteiger partial charge on any atom is -0.381 e. The van der Waals surface area contributed by atoms with E-state index in [1.807, 2.05) is 0 Å². The lowest BCUT2D eigenvalue weighted by Gasteiger charge is -2.26. The molecule has 0 aromatic carbocycles. The number of ether oxygens (including phenoxy) is 2. The number of hydrogen-bond donors (Lipinski definition) is 0. The SMILES string of the molecule is COC1CCC(OCBr)CC1. The molecule has 0 N–H and O–H groups in total. The van der Waals surface area contributed by atoms with Crippen LogP contribution in [0.2, 0.25) is 0 Å². The summed E-state index contributed by atoms with van der Waals surface area (Å²) in [6, 6.07) is 0. The molecule has 0 aromatic rings. The van der Waals surface area contributed by atoms with Crippen molar-refractivity contribution in [1.82, 2.24) is 0 Å². The molecule has 0 amide bonds. The lowest BCUT2D eigenvalue weighted by molar-refractivity contribution is 0.000761. The average Bonchev–Trinajstić information content (AvgIpc) is 2.07. The second kappa shape index (κ2) is 5.12. The molecule has 0 atom stereocenters. The molecule has 0 aromatic heterocycles. The lowest BCUT2D eigenvalue weighted by atomic mass is 9.95. The molecule has 0 bridgehead atoms. The van der Waals surface area contributed by atoms with Crippen LogP contribution in [0.5, 0.6) is 0 Å². The maximum absolute atomic E-state index is 5.44. The zero-order chi connectivity index (χ0) is 8.10. The number of hydrogen-bond acceptors (Lipinski definition) is 2. The summed E-state index contributed by atoms with van der Waals surface area (Å²) in [7, 11) is 1.79. The number of alkyl halides is 1. The predicted molar refractivity (Wildman–Crippen MR) is 47.9 cm³/mol. The molecule has 11 heavy (non-hydrogen) atoms. The van der Waals surface area contributed by atoms with E-state index in [0.29, 0.717) is 17.7 Å². The summed E-state index contributed by atoms with van der Waals surface area (Å²) >= 11 is 3.26. The summed E-state index contributed by atoms with van der Waals surface area (Å²) in [6.07, 6.45) is 5.52. The second-order valence-corrected chi connectivity index (χ2v) is 3.37. The van der Waals surface area contributed by atoms with Gasteiger partial charge in [0, 0.05) is 7.11 Å². The van der Waals surface area contributed by atoms with Gasteiger partial charge in [-0.2, -0.15) is 0 Å². The van der Waals surface area contributed by atoms with Gasteiger partial charge in [0.05, 0.1) is 12.2 Å². The summed E-state index contributed by atoms with van der Waals surface area (Å²) < 4.78 is 10.7. The molecule has 1 saturated carbocycles. The van der Waals surface area contributed by atoms with E-state index in [1.54, 1.807) is 7.11 Å². The molecule has 2 nitrogen and oxygen atoms in total. The van der Waals surface area contributed by atoms with Gasteiger partial charge >= 0.3 is 0 Å². The Morgan fingerprint density at radius 3 is 2.18 bits per heavy atom. The monoisotopic (exact) mass is 222 g/mol. The van der Waals surface area contributed by atoms with Crippen molar-refractivity contribution in [2.45, 2.75) is 37.9 Å². The standard InChI is InChI=1S/C8H15BrO2/c1-10-7-2-4-8(5-3-7)11-6-9/h7-8H,2-6H2,1H3. The summed E-state index contributed by atoms with van der Waals surface area (Å²) in [5, 5.41) is 0. The van der Waals surface area contributed by atoms with E-state index in [0.717, 1.165) is 25.7 Å². The highest BCUT2D eigenvalue weighted by molar-refractivity contribution is 9.09. The molecule has 0 radical (unpaired) electrons. The van der Waals surface area contributed by atoms with Gasteiger partial charge in [-0.3, -0.25) is 0 Å². The molecule has 66 valence electrons. The molecular formula is C8H15BrO2. The first-order valence-corrected chi connectivity index (χ1v) is 5.19. The van der Waals surface area contributed by atoms with E-state index in [4.69, 9.17) is 9.47 Å². The molecule has 3 heteroatoms. The summed E-state index contributed by atoms with van der Waals surface area (Å²) in [5.74, 6) is 0. The Hall–Kier alpha value is 0.400. The quantitative estimate of drug-likeness (QED) is 0.683. The largest absolute Gasteiger partial charge is 0.381 e.